The Labute approximate surface area is 170 Å². The molecule has 28 heavy (non-hydrogen) atoms. The smallest absolute Gasteiger partial charge is 0.194 e. The third-order valence-electron chi connectivity index (χ3n) is 4.05. The van der Waals surface area contributed by atoms with Crippen molar-refractivity contribution in [3.8, 4) is 16.9 Å². The van der Waals surface area contributed by atoms with Crippen molar-refractivity contribution in [3.63, 3.8) is 0 Å². The number of halogens is 1. The Morgan fingerprint density at radius 1 is 0.857 bits per heavy atom. The van der Waals surface area contributed by atoms with E-state index >= 15 is 0 Å². The van der Waals surface area contributed by atoms with Gasteiger partial charge in [0.05, 0.1) is 16.3 Å². The van der Waals surface area contributed by atoms with Gasteiger partial charge in [-0.25, -0.2) is 21.5 Å². The summed E-state index contributed by atoms with van der Waals surface area (Å²) in [7, 11) is -5.01. The molecule has 1 heterocycles. The summed E-state index contributed by atoms with van der Waals surface area (Å²) in [5.74, 6) is 0. The number of hydrogen-bond donors (Lipinski definition) is 1. The van der Waals surface area contributed by atoms with Gasteiger partial charge in [0.25, 0.3) is 0 Å². The van der Waals surface area contributed by atoms with Crippen LogP contribution >= 0.6 is 12.4 Å². The van der Waals surface area contributed by atoms with Crippen molar-refractivity contribution in [2.45, 2.75) is 9.92 Å². The molecular formula is C18H20ClN3O4S2. The Morgan fingerprint density at radius 2 is 1.43 bits per heavy atom. The molecule has 7 nitrogen and oxygen atoms in total. The second-order valence-electron chi connectivity index (χ2n) is 6.15. The zero-order valence-corrected chi connectivity index (χ0v) is 17.9. The molecule has 10 heteroatoms. The first-order valence-corrected chi connectivity index (χ1v) is 11.8. The molecule has 0 saturated carbocycles. The van der Waals surface area contributed by atoms with Gasteiger partial charge in [-0.1, -0.05) is 12.1 Å². The molecule has 150 valence electrons. The molecule has 0 saturated heterocycles. The average Bonchev–Trinajstić information content (AvgIpc) is 3.07. The van der Waals surface area contributed by atoms with E-state index in [4.69, 9.17) is 0 Å². The number of benzene rings is 2. The number of anilines is 1. The predicted molar refractivity (Wildman–Crippen MR) is 112 cm³/mol. The number of nitrogens with one attached hydrogen (secondary N) is 1. The van der Waals surface area contributed by atoms with E-state index in [2.05, 4.69) is 10.4 Å². The summed E-state index contributed by atoms with van der Waals surface area (Å²) in [6.45, 7) is 0. The van der Waals surface area contributed by atoms with Crippen molar-refractivity contribution in [2.75, 3.05) is 24.9 Å². The first-order valence-electron chi connectivity index (χ1n) is 7.98. The third kappa shape index (κ3) is 4.54. The standard InChI is InChI=1S/C18H19N3O4S2.ClH/c1-19-14-6-8-15(9-7-14)21-17(12-18(20-21)27(3,24)25)13-4-10-16(11-5-13)26(2,22)23;/h4-12,19H,1-3H3;1H. The summed E-state index contributed by atoms with van der Waals surface area (Å²) < 4.78 is 48.8. The number of aromatic nitrogens is 2. The van der Waals surface area contributed by atoms with Crippen LogP contribution in [0.2, 0.25) is 0 Å². The van der Waals surface area contributed by atoms with Crippen LogP contribution in [0.5, 0.6) is 0 Å². The van der Waals surface area contributed by atoms with Gasteiger partial charge in [0.2, 0.25) is 0 Å². The molecule has 0 aliphatic heterocycles. The minimum Gasteiger partial charge on any atom is -0.388 e. The monoisotopic (exact) mass is 441 g/mol. The molecule has 0 fully saturated rings. The Hall–Kier alpha value is -2.36. The Morgan fingerprint density at radius 3 is 1.89 bits per heavy atom. The van der Waals surface area contributed by atoms with Crippen LogP contribution < -0.4 is 5.32 Å². The summed E-state index contributed by atoms with van der Waals surface area (Å²) in [5.41, 5.74) is 2.80. The molecule has 1 N–H and O–H groups in total. The van der Waals surface area contributed by atoms with E-state index in [0.717, 1.165) is 18.2 Å². The molecule has 3 rings (SSSR count). The molecule has 2 aromatic carbocycles. The fourth-order valence-corrected chi connectivity index (χ4v) is 3.77. The zero-order chi connectivity index (χ0) is 19.8. The zero-order valence-electron chi connectivity index (χ0n) is 15.4. The maximum absolute atomic E-state index is 12.0. The fraction of sp³-hybridized carbons (Fsp3) is 0.167. The van der Waals surface area contributed by atoms with Crippen LogP contribution in [0.3, 0.4) is 0 Å². The normalized spacial score (nSPS) is 11.7. The largest absolute Gasteiger partial charge is 0.388 e. The molecule has 0 radical (unpaired) electrons. The summed E-state index contributed by atoms with van der Waals surface area (Å²) in [4.78, 5) is 0.194. The summed E-state index contributed by atoms with van der Waals surface area (Å²) in [6, 6.07) is 15.1. The minimum atomic E-state index is -3.50. The average molecular weight is 442 g/mol. The van der Waals surface area contributed by atoms with E-state index < -0.39 is 19.7 Å². The predicted octanol–water partition coefficient (Wildman–Crippen LogP) is 2.81. The van der Waals surface area contributed by atoms with Crippen molar-refractivity contribution < 1.29 is 16.8 Å². The highest BCUT2D eigenvalue weighted by atomic mass is 35.5. The van der Waals surface area contributed by atoms with Crippen LogP contribution in [0.4, 0.5) is 5.69 Å². The fourth-order valence-electron chi connectivity index (χ4n) is 2.59. The van der Waals surface area contributed by atoms with Crippen molar-refractivity contribution in [1.29, 1.82) is 0 Å². The summed E-state index contributed by atoms with van der Waals surface area (Å²) >= 11 is 0. The number of rotatable bonds is 5. The van der Waals surface area contributed by atoms with Gasteiger partial charge in [-0.15, -0.1) is 12.4 Å². The summed E-state index contributed by atoms with van der Waals surface area (Å²) in [6.07, 6.45) is 2.23. The van der Waals surface area contributed by atoms with Crippen LogP contribution in [-0.2, 0) is 19.7 Å². The maximum atomic E-state index is 12.0. The number of sulfone groups is 2. The Balaban J connectivity index is 0.00000280. The highest BCUT2D eigenvalue weighted by Crippen LogP contribution is 2.27. The molecule has 0 aliphatic rings. The van der Waals surface area contributed by atoms with Crippen LogP contribution in [-0.4, -0.2) is 46.2 Å². The number of nitrogens with zero attached hydrogens (tertiary/aromatic N) is 2. The van der Waals surface area contributed by atoms with Crippen LogP contribution in [0, 0.1) is 0 Å². The van der Waals surface area contributed by atoms with Crippen molar-refractivity contribution >= 4 is 37.8 Å². The van der Waals surface area contributed by atoms with E-state index in [-0.39, 0.29) is 22.3 Å². The lowest BCUT2D eigenvalue weighted by molar-refractivity contribution is 0.595. The lowest BCUT2D eigenvalue weighted by Gasteiger charge is -2.09. The molecule has 0 bridgehead atoms. The van der Waals surface area contributed by atoms with Gasteiger partial charge in [-0.3, -0.25) is 0 Å². The van der Waals surface area contributed by atoms with E-state index in [1.165, 1.54) is 22.9 Å². The maximum Gasteiger partial charge on any atom is 0.194 e. The molecule has 0 spiro atoms. The van der Waals surface area contributed by atoms with Gasteiger partial charge >= 0.3 is 0 Å². The molecule has 0 aliphatic carbocycles. The second kappa shape index (κ2) is 7.94. The van der Waals surface area contributed by atoms with Gasteiger partial charge < -0.3 is 5.32 Å². The summed E-state index contributed by atoms with van der Waals surface area (Å²) in [5, 5.41) is 7.21. The van der Waals surface area contributed by atoms with E-state index in [0.29, 0.717) is 16.9 Å². The second-order valence-corrected chi connectivity index (χ2v) is 10.1. The number of hydrogen-bond acceptors (Lipinski definition) is 6. The van der Waals surface area contributed by atoms with E-state index in [1.807, 2.05) is 24.3 Å². The van der Waals surface area contributed by atoms with Gasteiger partial charge in [-0.2, -0.15) is 5.10 Å². The first-order chi connectivity index (χ1) is 12.6. The topological polar surface area (TPSA) is 98.1 Å². The Kier molecular flexibility index (Phi) is 6.22. The van der Waals surface area contributed by atoms with Gasteiger partial charge in [-0.05, 0) is 36.4 Å². The van der Waals surface area contributed by atoms with E-state index in [9.17, 15) is 16.8 Å². The van der Waals surface area contributed by atoms with Crippen LogP contribution in [0.1, 0.15) is 0 Å². The molecular weight excluding hydrogens is 422 g/mol. The SMILES string of the molecule is CNc1ccc(-n2nc(S(C)(=O)=O)cc2-c2ccc(S(C)(=O)=O)cc2)cc1.Cl. The molecule has 3 aromatic rings. The van der Waals surface area contributed by atoms with Gasteiger partial charge in [0.1, 0.15) is 0 Å². The minimum absolute atomic E-state index is 0. The van der Waals surface area contributed by atoms with Crippen molar-refractivity contribution in [3.05, 3.63) is 54.6 Å². The van der Waals surface area contributed by atoms with Crippen LogP contribution in [0.25, 0.3) is 16.9 Å². The van der Waals surface area contributed by atoms with Gasteiger partial charge in [0, 0.05) is 36.9 Å². The molecule has 1 aromatic heterocycles. The highest BCUT2D eigenvalue weighted by molar-refractivity contribution is 7.91. The molecule has 0 unspecified atom stereocenters. The van der Waals surface area contributed by atoms with Crippen LogP contribution in [0.15, 0.2) is 64.5 Å². The first kappa shape index (κ1) is 21.9. The quantitative estimate of drug-likeness (QED) is 0.653. The van der Waals surface area contributed by atoms with E-state index in [1.54, 1.807) is 19.2 Å². The Bertz CT molecular complexity index is 1180. The van der Waals surface area contributed by atoms with Crippen molar-refractivity contribution in [1.82, 2.24) is 9.78 Å². The highest BCUT2D eigenvalue weighted by Gasteiger charge is 2.18. The van der Waals surface area contributed by atoms with Gasteiger partial charge in [0.15, 0.2) is 24.7 Å². The lowest BCUT2D eigenvalue weighted by atomic mass is 10.1. The van der Waals surface area contributed by atoms with Crippen molar-refractivity contribution in [2.24, 2.45) is 0 Å². The third-order valence-corrected chi connectivity index (χ3v) is 6.13. The molecule has 0 amide bonds. The lowest BCUT2D eigenvalue weighted by Crippen LogP contribution is -2.03. The molecule has 0 atom stereocenters.